The maximum absolute atomic E-state index is 11.9. The molecule has 1 amide bonds. The van der Waals surface area contributed by atoms with Gasteiger partial charge >= 0.3 is 0 Å². The van der Waals surface area contributed by atoms with Crippen molar-refractivity contribution in [1.29, 1.82) is 0 Å². The molecule has 0 spiro atoms. The van der Waals surface area contributed by atoms with Gasteiger partial charge in [0, 0.05) is 17.2 Å². The van der Waals surface area contributed by atoms with Gasteiger partial charge in [-0.15, -0.1) is 0 Å². The van der Waals surface area contributed by atoms with Gasteiger partial charge in [-0.05, 0) is 25.0 Å². The quantitative estimate of drug-likeness (QED) is 0.947. The van der Waals surface area contributed by atoms with Crippen molar-refractivity contribution in [3.63, 3.8) is 0 Å². The molecular formula is C15H14ClN3O2. The molecule has 0 unspecified atom stereocenters. The Hall–Kier alpha value is -1.98. The fourth-order valence-electron chi connectivity index (χ4n) is 2.18. The molecule has 21 heavy (non-hydrogen) atoms. The van der Waals surface area contributed by atoms with Gasteiger partial charge in [-0.1, -0.05) is 23.7 Å². The first kappa shape index (κ1) is 14.0. The molecule has 2 aromatic rings. The van der Waals surface area contributed by atoms with E-state index in [4.69, 9.17) is 16.3 Å². The van der Waals surface area contributed by atoms with Crippen LogP contribution in [-0.4, -0.2) is 28.6 Å². The summed E-state index contributed by atoms with van der Waals surface area (Å²) in [5, 5.41) is 3.39. The first-order chi connectivity index (χ1) is 10.2. The predicted molar refractivity (Wildman–Crippen MR) is 80.1 cm³/mol. The summed E-state index contributed by atoms with van der Waals surface area (Å²) in [7, 11) is 0. The second kappa shape index (κ2) is 6.20. The molecule has 1 saturated heterocycles. The van der Waals surface area contributed by atoms with Crippen LogP contribution in [0.25, 0.3) is 11.4 Å². The summed E-state index contributed by atoms with van der Waals surface area (Å²) >= 11 is 5.94. The molecule has 1 aromatic heterocycles. The number of benzene rings is 1. The maximum Gasteiger partial charge on any atom is 0.253 e. The van der Waals surface area contributed by atoms with Gasteiger partial charge in [0.05, 0.1) is 18.1 Å². The Labute approximate surface area is 127 Å². The normalized spacial score (nSPS) is 17.7. The number of anilines is 1. The van der Waals surface area contributed by atoms with Crippen molar-refractivity contribution in [2.45, 2.75) is 18.9 Å². The minimum absolute atomic E-state index is 0.147. The number of carbonyl (C=O) groups excluding carboxylic acids is 1. The van der Waals surface area contributed by atoms with Crippen LogP contribution in [0.5, 0.6) is 0 Å². The van der Waals surface area contributed by atoms with Gasteiger partial charge in [-0.2, -0.15) is 0 Å². The summed E-state index contributed by atoms with van der Waals surface area (Å²) in [6.07, 6.45) is 4.47. The van der Waals surface area contributed by atoms with Gasteiger partial charge < -0.3 is 10.1 Å². The molecule has 108 valence electrons. The molecule has 0 bridgehead atoms. The van der Waals surface area contributed by atoms with E-state index in [0.717, 1.165) is 18.4 Å². The molecule has 1 fully saturated rings. The van der Waals surface area contributed by atoms with E-state index in [1.54, 1.807) is 24.5 Å². The monoisotopic (exact) mass is 303 g/mol. The van der Waals surface area contributed by atoms with Crippen LogP contribution in [0.15, 0.2) is 36.7 Å². The number of carbonyl (C=O) groups is 1. The number of aromatic nitrogens is 2. The zero-order chi connectivity index (χ0) is 14.7. The molecular weight excluding hydrogens is 290 g/mol. The summed E-state index contributed by atoms with van der Waals surface area (Å²) in [5.41, 5.74) is 1.39. The van der Waals surface area contributed by atoms with Crippen molar-refractivity contribution < 1.29 is 9.53 Å². The minimum atomic E-state index is -0.363. The third-order valence-electron chi connectivity index (χ3n) is 3.22. The van der Waals surface area contributed by atoms with Gasteiger partial charge in [0.25, 0.3) is 5.91 Å². The second-order valence-electron chi connectivity index (χ2n) is 4.80. The molecule has 6 heteroatoms. The van der Waals surface area contributed by atoms with Crippen molar-refractivity contribution in [3.8, 4) is 11.4 Å². The third-order valence-corrected chi connectivity index (χ3v) is 3.46. The predicted octanol–water partition coefficient (Wildman–Crippen LogP) is 2.91. The van der Waals surface area contributed by atoms with E-state index in [1.165, 1.54) is 0 Å². The molecule has 0 saturated carbocycles. The molecule has 3 rings (SSSR count). The van der Waals surface area contributed by atoms with Crippen LogP contribution >= 0.6 is 11.6 Å². The van der Waals surface area contributed by atoms with Crippen LogP contribution in [-0.2, 0) is 9.53 Å². The number of hydrogen-bond acceptors (Lipinski definition) is 4. The lowest BCUT2D eigenvalue weighted by Crippen LogP contribution is -2.26. The fraction of sp³-hybridized carbons (Fsp3) is 0.267. The number of nitrogens with one attached hydrogen (secondary N) is 1. The summed E-state index contributed by atoms with van der Waals surface area (Å²) in [6.45, 7) is 0.641. The van der Waals surface area contributed by atoms with Crippen LogP contribution < -0.4 is 5.32 Å². The summed E-state index contributed by atoms with van der Waals surface area (Å²) in [6, 6.07) is 7.31. The van der Waals surface area contributed by atoms with E-state index in [2.05, 4.69) is 15.3 Å². The zero-order valence-corrected chi connectivity index (χ0v) is 12.0. The minimum Gasteiger partial charge on any atom is -0.368 e. The molecule has 0 aliphatic carbocycles. The number of rotatable bonds is 3. The number of nitrogens with zero attached hydrogens (tertiary/aromatic N) is 2. The van der Waals surface area contributed by atoms with Crippen LogP contribution in [0.1, 0.15) is 12.8 Å². The highest BCUT2D eigenvalue weighted by molar-refractivity contribution is 6.30. The van der Waals surface area contributed by atoms with E-state index in [-0.39, 0.29) is 12.0 Å². The van der Waals surface area contributed by atoms with Gasteiger partial charge in [0.2, 0.25) is 0 Å². The van der Waals surface area contributed by atoms with Crippen molar-refractivity contribution >= 4 is 23.2 Å². The van der Waals surface area contributed by atoms with E-state index in [0.29, 0.717) is 23.1 Å². The van der Waals surface area contributed by atoms with E-state index in [1.807, 2.05) is 12.1 Å². The van der Waals surface area contributed by atoms with Crippen molar-refractivity contribution in [1.82, 2.24) is 9.97 Å². The van der Waals surface area contributed by atoms with Crippen molar-refractivity contribution in [3.05, 3.63) is 41.7 Å². The standard InChI is InChI=1S/C15H14ClN3O2/c16-11-4-1-3-10(7-11)14-17-8-12(9-18-14)19-15(20)13-5-2-6-21-13/h1,3-4,7-9,13H,2,5-6H2,(H,19,20)/t13-/m0/s1. The Morgan fingerprint density at radius 1 is 1.33 bits per heavy atom. The Morgan fingerprint density at radius 3 is 2.81 bits per heavy atom. The Morgan fingerprint density at radius 2 is 2.14 bits per heavy atom. The number of halogens is 1. The zero-order valence-electron chi connectivity index (χ0n) is 11.3. The van der Waals surface area contributed by atoms with Crippen LogP contribution in [0.3, 0.4) is 0 Å². The largest absolute Gasteiger partial charge is 0.368 e. The van der Waals surface area contributed by atoms with Crippen LogP contribution in [0.4, 0.5) is 5.69 Å². The second-order valence-corrected chi connectivity index (χ2v) is 5.23. The molecule has 2 heterocycles. The SMILES string of the molecule is O=C(Nc1cnc(-c2cccc(Cl)c2)nc1)[C@@H]1CCCO1. The molecule has 1 aliphatic rings. The van der Waals surface area contributed by atoms with Gasteiger partial charge in [-0.3, -0.25) is 4.79 Å². The van der Waals surface area contributed by atoms with Crippen LogP contribution in [0, 0.1) is 0 Å². The average Bonchev–Trinajstić information content (AvgIpc) is 3.02. The fourth-order valence-corrected chi connectivity index (χ4v) is 2.37. The lowest BCUT2D eigenvalue weighted by atomic mass is 10.2. The number of hydrogen-bond donors (Lipinski definition) is 1. The molecule has 1 atom stereocenters. The van der Waals surface area contributed by atoms with E-state index < -0.39 is 0 Å². The number of amides is 1. The Balaban J connectivity index is 1.70. The van der Waals surface area contributed by atoms with E-state index >= 15 is 0 Å². The summed E-state index contributed by atoms with van der Waals surface area (Å²) < 4.78 is 5.33. The Bertz CT molecular complexity index is 640. The highest BCUT2D eigenvalue weighted by Gasteiger charge is 2.23. The first-order valence-corrected chi connectivity index (χ1v) is 7.10. The molecule has 0 radical (unpaired) electrons. The molecule has 1 aromatic carbocycles. The van der Waals surface area contributed by atoms with Gasteiger partial charge in [0.15, 0.2) is 5.82 Å². The lowest BCUT2D eigenvalue weighted by molar-refractivity contribution is -0.124. The summed E-state index contributed by atoms with van der Waals surface area (Å²) in [5.74, 6) is 0.416. The van der Waals surface area contributed by atoms with Gasteiger partial charge in [0.1, 0.15) is 6.10 Å². The topological polar surface area (TPSA) is 64.1 Å². The highest BCUT2D eigenvalue weighted by Crippen LogP contribution is 2.20. The summed E-state index contributed by atoms with van der Waals surface area (Å²) in [4.78, 5) is 20.4. The maximum atomic E-state index is 11.9. The molecule has 1 aliphatic heterocycles. The molecule has 5 nitrogen and oxygen atoms in total. The smallest absolute Gasteiger partial charge is 0.253 e. The third kappa shape index (κ3) is 3.37. The Kier molecular flexibility index (Phi) is 4.13. The highest BCUT2D eigenvalue weighted by atomic mass is 35.5. The lowest BCUT2D eigenvalue weighted by Gasteiger charge is -2.10. The first-order valence-electron chi connectivity index (χ1n) is 6.73. The van der Waals surface area contributed by atoms with Crippen molar-refractivity contribution in [2.75, 3.05) is 11.9 Å². The van der Waals surface area contributed by atoms with Crippen molar-refractivity contribution in [2.24, 2.45) is 0 Å². The number of ether oxygens (including phenoxy) is 1. The van der Waals surface area contributed by atoms with E-state index in [9.17, 15) is 4.79 Å². The van der Waals surface area contributed by atoms with Crippen LogP contribution in [0.2, 0.25) is 5.02 Å². The molecule has 1 N–H and O–H groups in total. The van der Waals surface area contributed by atoms with Gasteiger partial charge in [-0.25, -0.2) is 9.97 Å². The average molecular weight is 304 g/mol.